The summed E-state index contributed by atoms with van der Waals surface area (Å²) in [5, 5.41) is 0. The maximum Gasteiger partial charge on any atom is 0.392 e. The summed E-state index contributed by atoms with van der Waals surface area (Å²) in [5.74, 6) is 1.18. The number of guanidine groups is 1. The molecular weight excluding hydrogens is 358 g/mol. The van der Waals surface area contributed by atoms with Crippen LogP contribution in [0, 0.1) is 5.92 Å². The molecule has 1 saturated heterocycles. The number of nitrogens with zero attached hydrogens (tertiary/aromatic N) is 5. The molecule has 8 heteroatoms. The van der Waals surface area contributed by atoms with E-state index in [2.05, 4.69) is 16.4 Å². The molecule has 1 aliphatic carbocycles. The van der Waals surface area contributed by atoms with Crippen molar-refractivity contribution in [2.45, 2.75) is 71.0 Å². The van der Waals surface area contributed by atoms with Crippen LogP contribution in [0.2, 0.25) is 0 Å². The van der Waals surface area contributed by atoms with Crippen LogP contribution >= 0.6 is 0 Å². The van der Waals surface area contributed by atoms with Crippen LogP contribution in [-0.4, -0.2) is 87.1 Å². The van der Waals surface area contributed by atoms with Crippen LogP contribution in [0.1, 0.15) is 52.9 Å². The minimum Gasteiger partial charge on any atom is -0.298 e. The van der Waals surface area contributed by atoms with Crippen LogP contribution in [0.25, 0.3) is 0 Å². The van der Waals surface area contributed by atoms with Gasteiger partial charge in [0.2, 0.25) is 11.9 Å². The van der Waals surface area contributed by atoms with Gasteiger partial charge in [-0.3, -0.25) is 19.4 Å². The van der Waals surface area contributed by atoms with Gasteiger partial charge in [-0.15, -0.1) is 0 Å². The van der Waals surface area contributed by atoms with E-state index >= 15 is 0 Å². The normalized spacial score (nSPS) is 29.7. The molecule has 3 unspecified atom stereocenters. The average Bonchev–Trinajstić information content (AvgIpc) is 3.06. The van der Waals surface area contributed by atoms with Gasteiger partial charge in [-0.2, -0.15) is 0 Å². The lowest BCUT2D eigenvalue weighted by Gasteiger charge is -2.38. The number of likely N-dealkylation sites (N-methyl/N-ethyl adjacent to an activating group) is 1. The minimum absolute atomic E-state index is 0.200. The summed E-state index contributed by atoms with van der Waals surface area (Å²) in [5.41, 5.74) is 0. The van der Waals surface area contributed by atoms with E-state index in [1.54, 1.807) is 14.0 Å². The second-order valence-electron chi connectivity index (χ2n) is 8.71. The summed E-state index contributed by atoms with van der Waals surface area (Å²) in [6.45, 7) is 6.88. The number of aliphatic imine (C=N–C) groups is 1. The Bertz CT molecular complexity index is 783. The minimum atomic E-state index is -0.773. The van der Waals surface area contributed by atoms with Gasteiger partial charge in [0.15, 0.2) is 5.78 Å². The van der Waals surface area contributed by atoms with Crippen molar-refractivity contribution in [3.63, 3.8) is 0 Å². The molecule has 0 aromatic rings. The second kappa shape index (κ2) is 6.97. The first-order valence-corrected chi connectivity index (χ1v) is 10.4. The van der Waals surface area contributed by atoms with Gasteiger partial charge in [0.25, 0.3) is 5.91 Å². The van der Waals surface area contributed by atoms with Crippen LogP contribution < -0.4 is 0 Å². The van der Waals surface area contributed by atoms with Crippen molar-refractivity contribution in [1.29, 1.82) is 0 Å². The molecule has 8 nitrogen and oxygen atoms in total. The van der Waals surface area contributed by atoms with Gasteiger partial charge in [-0.05, 0) is 26.7 Å². The fraction of sp³-hybridized carbons (Fsp3) is 0.750. The summed E-state index contributed by atoms with van der Waals surface area (Å²) in [7, 11) is 1.65. The number of amides is 3. The number of fused-ring (bicyclic) bond motifs is 2. The summed E-state index contributed by atoms with van der Waals surface area (Å²) in [6, 6.07) is -1.42. The van der Waals surface area contributed by atoms with E-state index in [4.69, 9.17) is 4.99 Å². The Labute approximate surface area is 165 Å². The molecule has 2 fully saturated rings. The van der Waals surface area contributed by atoms with Gasteiger partial charge in [0.05, 0.1) is 25.2 Å². The number of carbonyl (C=O) groups excluding carboxylic acids is 3. The third kappa shape index (κ3) is 2.84. The third-order valence-electron chi connectivity index (χ3n) is 6.60. The number of amidine groups is 1. The number of hydrogen-bond acceptors (Lipinski definition) is 5. The maximum atomic E-state index is 13.3. The predicted molar refractivity (Wildman–Crippen MR) is 104 cm³/mol. The van der Waals surface area contributed by atoms with E-state index < -0.39 is 18.1 Å². The molecule has 3 atom stereocenters. The number of imide groups is 1. The molecule has 4 rings (SSSR count). The molecule has 0 aromatic carbocycles. The Morgan fingerprint density at radius 1 is 1.21 bits per heavy atom. The van der Waals surface area contributed by atoms with E-state index in [1.165, 1.54) is 31.1 Å². The zero-order chi connectivity index (χ0) is 20.2. The molecule has 3 aliphatic heterocycles. The first kappa shape index (κ1) is 19.1. The highest BCUT2D eigenvalue weighted by Gasteiger charge is 2.56. The van der Waals surface area contributed by atoms with Gasteiger partial charge in [0, 0.05) is 13.0 Å². The van der Waals surface area contributed by atoms with Crippen molar-refractivity contribution in [3.8, 4) is 0 Å². The molecule has 4 aliphatic rings. The molecule has 152 valence electrons. The molecule has 0 spiro atoms. The molecule has 0 bridgehead atoms. The number of hydrogen-bond donors (Lipinski definition) is 0. The molecule has 3 amide bonds. The van der Waals surface area contributed by atoms with Crippen LogP contribution in [0.4, 0.5) is 4.79 Å². The summed E-state index contributed by atoms with van der Waals surface area (Å²) >= 11 is 0. The standard InChI is InChI=1S/C20H30N5O3/c1-12-10-23(15-8-6-5-7-9-15)19-21-17-16(24(19)11-12)18(27)25(13(2)14(3)26)20(28)22(17)4/h12-13,15-16H,5-11H2,1-4H3/q+1. The Kier molecular flexibility index (Phi) is 4.75. The Balaban J connectivity index is 1.73. The van der Waals surface area contributed by atoms with Gasteiger partial charge in [-0.25, -0.2) is 14.3 Å². The zero-order valence-electron chi connectivity index (χ0n) is 17.2. The smallest absolute Gasteiger partial charge is 0.298 e. The molecule has 0 radical (unpaired) electrons. The largest absolute Gasteiger partial charge is 0.392 e. The number of ketones is 1. The predicted octanol–water partition coefficient (Wildman–Crippen LogP) is 1.29. The molecule has 28 heavy (non-hydrogen) atoms. The number of rotatable bonds is 3. The average molecular weight is 388 g/mol. The van der Waals surface area contributed by atoms with Gasteiger partial charge >= 0.3 is 12.0 Å². The maximum absolute atomic E-state index is 13.3. The Hall–Kier alpha value is -2.25. The third-order valence-corrected chi connectivity index (χ3v) is 6.60. The zero-order valence-corrected chi connectivity index (χ0v) is 17.2. The van der Waals surface area contributed by atoms with E-state index in [0.29, 0.717) is 17.8 Å². The molecule has 3 heterocycles. The number of Topliss-reactive ketones (excluding diaryl/α,β-unsaturated/α-hetero) is 1. The van der Waals surface area contributed by atoms with Crippen molar-refractivity contribution >= 4 is 29.5 Å². The first-order valence-electron chi connectivity index (χ1n) is 10.4. The number of urea groups is 1. The van der Waals surface area contributed by atoms with Crippen molar-refractivity contribution in [2.75, 3.05) is 20.1 Å². The van der Waals surface area contributed by atoms with E-state index in [0.717, 1.165) is 36.8 Å². The van der Waals surface area contributed by atoms with Crippen LogP contribution in [0.3, 0.4) is 0 Å². The fourth-order valence-electron chi connectivity index (χ4n) is 4.94. The van der Waals surface area contributed by atoms with Crippen LogP contribution in [0.5, 0.6) is 0 Å². The van der Waals surface area contributed by atoms with Crippen LogP contribution in [-0.2, 0) is 9.59 Å². The lowest BCUT2D eigenvalue weighted by molar-refractivity contribution is -0.552. The fourth-order valence-corrected chi connectivity index (χ4v) is 4.94. The summed E-state index contributed by atoms with van der Waals surface area (Å²) < 4.78 is 2.06. The van der Waals surface area contributed by atoms with E-state index in [-0.39, 0.29) is 11.7 Å². The summed E-state index contributed by atoms with van der Waals surface area (Å²) in [6.07, 6.45) is 6.03. The lowest BCUT2D eigenvalue weighted by atomic mass is 9.93. The Morgan fingerprint density at radius 3 is 2.54 bits per heavy atom. The SMILES string of the molecule is CC(=O)C(C)N1C(=O)C2C(=NC3=[N+]2CC(C)CN3C2CCCCC2)N(C)C1=O. The molecule has 0 aromatic heterocycles. The first-order chi connectivity index (χ1) is 13.3. The van der Waals surface area contributed by atoms with Crippen molar-refractivity contribution < 1.29 is 19.0 Å². The Morgan fingerprint density at radius 2 is 1.89 bits per heavy atom. The quantitative estimate of drug-likeness (QED) is 0.683. The second-order valence-corrected chi connectivity index (χ2v) is 8.71. The lowest BCUT2D eigenvalue weighted by Crippen LogP contribution is -2.66. The highest BCUT2D eigenvalue weighted by molar-refractivity contribution is 6.23. The topological polar surface area (TPSA) is 76.3 Å². The van der Waals surface area contributed by atoms with E-state index in [9.17, 15) is 14.4 Å². The highest BCUT2D eigenvalue weighted by atomic mass is 16.2. The van der Waals surface area contributed by atoms with Crippen molar-refractivity contribution in [2.24, 2.45) is 10.9 Å². The van der Waals surface area contributed by atoms with E-state index in [1.807, 2.05) is 0 Å². The molecule has 0 N–H and O–H groups in total. The van der Waals surface area contributed by atoms with Gasteiger partial charge in [0.1, 0.15) is 0 Å². The van der Waals surface area contributed by atoms with Crippen molar-refractivity contribution in [3.05, 3.63) is 0 Å². The highest BCUT2D eigenvalue weighted by Crippen LogP contribution is 2.30. The van der Waals surface area contributed by atoms with Crippen LogP contribution in [0.15, 0.2) is 4.99 Å². The number of carbonyl (C=O) groups is 3. The molecule has 1 saturated carbocycles. The van der Waals surface area contributed by atoms with Gasteiger partial charge < -0.3 is 0 Å². The summed E-state index contributed by atoms with van der Waals surface area (Å²) in [4.78, 5) is 47.8. The van der Waals surface area contributed by atoms with Crippen molar-refractivity contribution in [1.82, 2.24) is 14.7 Å². The monoisotopic (exact) mass is 388 g/mol. The van der Waals surface area contributed by atoms with Gasteiger partial charge in [-0.1, -0.05) is 31.2 Å². The molecular formula is C20H30N5O3+.